The number of nitrogens with two attached hydrogens (primary N) is 1. The van der Waals surface area contributed by atoms with E-state index in [9.17, 15) is 9.18 Å². The topological polar surface area (TPSA) is 158 Å². The minimum absolute atomic E-state index is 0.158. The standard InChI is InChI=1S/C21H19ClFN11O/c1-10(27-19-17(18(24)25-9-26-19)20-30-32-33(2)31-20)14-6-11-4-3-5-13(22)16(11)21(35)34(14)15-7-12(8-23)28-29-15/h3-7,9-10H,8H2,1-2H3,(H,28,29)(H3,24,25,26,27)/t10-/m0/s1. The summed E-state index contributed by atoms with van der Waals surface area (Å²) in [6.07, 6.45) is 1.30. The van der Waals surface area contributed by atoms with E-state index in [0.717, 1.165) is 0 Å². The number of aryl methyl sites for hydroxylation is 1. The molecule has 0 fully saturated rings. The largest absolute Gasteiger partial charge is 0.383 e. The van der Waals surface area contributed by atoms with Crippen LogP contribution in [0.25, 0.3) is 28.0 Å². The Labute approximate surface area is 202 Å². The van der Waals surface area contributed by atoms with Crippen LogP contribution in [0.2, 0.25) is 5.02 Å². The zero-order chi connectivity index (χ0) is 24.7. The van der Waals surface area contributed by atoms with E-state index in [0.29, 0.717) is 32.9 Å². The normalized spacial score (nSPS) is 12.2. The molecule has 14 heteroatoms. The van der Waals surface area contributed by atoms with Crippen molar-refractivity contribution in [3.05, 3.63) is 63.4 Å². The molecule has 4 N–H and O–H groups in total. The van der Waals surface area contributed by atoms with Crippen molar-refractivity contribution in [3.8, 4) is 17.2 Å². The lowest BCUT2D eigenvalue weighted by molar-refractivity contribution is 0.475. The van der Waals surface area contributed by atoms with Crippen molar-refractivity contribution in [1.82, 2.24) is 44.9 Å². The number of hydrogen-bond acceptors (Lipinski definition) is 9. The molecule has 12 nitrogen and oxygen atoms in total. The molecule has 0 radical (unpaired) electrons. The summed E-state index contributed by atoms with van der Waals surface area (Å²) in [6, 6.07) is 7.96. The maximum atomic E-state index is 13.6. The molecule has 0 aliphatic carbocycles. The van der Waals surface area contributed by atoms with Crippen LogP contribution in [0.5, 0.6) is 0 Å². The summed E-state index contributed by atoms with van der Waals surface area (Å²) >= 11 is 6.35. The maximum absolute atomic E-state index is 13.6. The van der Waals surface area contributed by atoms with Crippen LogP contribution in [0.1, 0.15) is 24.4 Å². The number of aromatic amines is 1. The Bertz CT molecular complexity index is 1610. The highest BCUT2D eigenvalue weighted by molar-refractivity contribution is 6.35. The number of anilines is 2. The van der Waals surface area contributed by atoms with E-state index < -0.39 is 18.3 Å². The second-order valence-corrected chi connectivity index (χ2v) is 8.16. The van der Waals surface area contributed by atoms with Gasteiger partial charge in [0, 0.05) is 6.07 Å². The van der Waals surface area contributed by atoms with E-state index in [2.05, 4.69) is 40.9 Å². The van der Waals surface area contributed by atoms with Gasteiger partial charge in [-0.1, -0.05) is 23.7 Å². The number of nitrogens with one attached hydrogen (secondary N) is 2. The third kappa shape index (κ3) is 3.95. The molecule has 0 bridgehead atoms. The van der Waals surface area contributed by atoms with Gasteiger partial charge in [0.2, 0.25) is 5.82 Å². The number of pyridine rings is 1. The monoisotopic (exact) mass is 495 g/mol. The van der Waals surface area contributed by atoms with E-state index >= 15 is 0 Å². The molecule has 0 aliphatic heterocycles. The Morgan fingerprint density at radius 1 is 1.29 bits per heavy atom. The first-order chi connectivity index (χ1) is 16.9. The number of alkyl halides is 1. The van der Waals surface area contributed by atoms with Crippen LogP contribution >= 0.6 is 11.6 Å². The predicted molar refractivity (Wildman–Crippen MR) is 128 cm³/mol. The highest BCUT2D eigenvalue weighted by atomic mass is 35.5. The van der Waals surface area contributed by atoms with Crippen LogP contribution in [0.4, 0.5) is 16.0 Å². The summed E-state index contributed by atoms with van der Waals surface area (Å²) in [7, 11) is 1.63. The van der Waals surface area contributed by atoms with Gasteiger partial charge in [-0.3, -0.25) is 14.5 Å². The molecular weight excluding hydrogens is 477 g/mol. The average Bonchev–Trinajstić information content (AvgIpc) is 3.48. The van der Waals surface area contributed by atoms with Gasteiger partial charge in [0.1, 0.15) is 30.2 Å². The van der Waals surface area contributed by atoms with Gasteiger partial charge < -0.3 is 11.1 Å². The number of fused-ring (bicyclic) bond motifs is 1. The van der Waals surface area contributed by atoms with Crippen molar-refractivity contribution in [1.29, 1.82) is 0 Å². The molecule has 5 aromatic rings. The second kappa shape index (κ2) is 8.76. The Balaban J connectivity index is 1.67. The number of aromatic nitrogens is 9. The number of nitrogen functional groups attached to an aromatic ring is 1. The summed E-state index contributed by atoms with van der Waals surface area (Å²) in [5.41, 5.74) is 6.83. The Morgan fingerprint density at radius 3 is 2.83 bits per heavy atom. The first-order valence-corrected chi connectivity index (χ1v) is 10.8. The molecule has 4 aromatic heterocycles. The number of nitrogens with zero attached hydrogens (tertiary/aromatic N) is 8. The quantitative estimate of drug-likeness (QED) is 0.322. The summed E-state index contributed by atoms with van der Waals surface area (Å²) < 4.78 is 14.6. The van der Waals surface area contributed by atoms with Crippen molar-refractivity contribution in [2.45, 2.75) is 19.6 Å². The predicted octanol–water partition coefficient (Wildman–Crippen LogP) is 2.57. The van der Waals surface area contributed by atoms with Crippen molar-refractivity contribution < 1.29 is 4.39 Å². The summed E-state index contributed by atoms with van der Waals surface area (Å²) in [4.78, 5) is 23.2. The van der Waals surface area contributed by atoms with Crippen LogP contribution in [0.15, 0.2) is 41.5 Å². The van der Waals surface area contributed by atoms with E-state index in [1.54, 1.807) is 25.2 Å². The van der Waals surface area contributed by atoms with Gasteiger partial charge in [-0.25, -0.2) is 14.4 Å². The second-order valence-electron chi connectivity index (χ2n) is 7.75. The van der Waals surface area contributed by atoms with E-state index in [-0.39, 0.29) is 23.2 Å². The Kier molecular flexibility index (Phi) is 5.61. The first kappa shape index (κ1) is 22.4. The lowest BCUT2D eigenvalue weighted by Crippen LogP contribution is -2.26. The molecule has 0 aliphatic rings. The molecular formula is C21H19ClFN11O. The fraction of sp³-hybridized carbons (Fsp3) is 0.190. The van der Waals surface area contributed by atoms with Crippen molar-refractivity contribution in [2.75, 3.05) is 11.1 Å². The SMILES string of the molecule is C[C@H](Nc1ncnc(N)c1-c1nnn(C)n1)c1cc2cccc(Cl)c2c(=O)n1-c1cc(CF)[nH]n1. The van der Waals surface area contributed by atoms with Crippen LogP contribution in [-0.2, 0) is 13.7 Å². The Morgan fingerprint density at radius 2 is 2.11 bits per heavy atom. The molecule has 0 saturated carbocycles. The average molecular weight is 496 g/mol. The van der Waals surface area contributed by atoms with Crippen molar-refractivity contribution in [2.24, 2.45) is 7.05 Å². The van der Waals surface area contributed by atoms with Crippen LogP contribution in [0, 0.1) is 0 Å². The van der Waals surface area contributed by atoms with Crippen LogP contribution in [0.3, 0.4) is 0 Å². The van der Waals surface area contributed by atoms with E-state index in [1.807, 2.05) is 13.0 Å². The molecule has 35 heavy (non-hydrogen) atoms. The fourth-order valence-corrected chi connectivity index (χ4v) is 4.08. The van der Waals surface area contributed by atoms with Crippen molar-refractivity contribution in [3.63, 3.8) is 0 Å². The highest BCUT2D eigenvalue weighted by Gasteiger charge is 2.23. The smallest absolute Gasteiger partial charge is 0.266 e. The summed E-state index contributed by atoms with van der Waals surface area (Å²) in [5.74, 6) is 0.967. The lowest BCUT2D eigenvalue weighted by atomic mass is 10.1. The zero-order valence-electron chi connectivity index (χ0n) is 18.6. The third-order valence-electron chi connectivity index (χ3n) is 5.42. The van der Waals surface area contributed by atoms with Gasteiger partial charge >= 0.3 is 0 Å². The first-order valence-electron chi connectivity index (χ1n) is 10.4. The molecule has 178 valence electrons. The van der Waals surface area contributed by atoms with E-state index in [4.69, 9.17) is 17.3 Å². The van der Waals surface area contributed by atoms with Gasteiger partial charge in [0.15, 0.2) is 5.82 Å². The van der Waals surface area contributed by atoms with Crippen LogP contribution < -0.4 is 16.6 Å². The molecule has 1 aromatic carbocycles. The van der Waals surface area contributed by atoms with Gasteiger partial charge in [-0.05, 0) is 29.7 Å². The van der Waals surface area contributed by atoms with Gasteiger partial charge in [-0.15, -0.1) is 10.2 Å². The molecule has 0 unspecified atom stereocenters. The van der Waals surface area contributed by atoms with Gasteiger partial charge in [-0.2, -0.15) is 9.90 Å². The molecule has 0 amide bonds. The number of tetrazole rings is 1. The molecule has 4 heterocycles. The van der Waals surface area contributed by atoms with E-state index in [1.165, 1.54) is 21.8 Å². The third-order valence-corrected chi connectivity index (χ3v) is 5.74. The zero-order valence-corrected chi connectivity index (χ0v) is 19.3. The summed E-state index contributed by atoms with van der Waals surface area (Å²) in [6.45, 7) is 1.07. The minimum atomic E-state index is -0.756. The van der Waals surface area contributed by atoms with Crippen LogP contribution in [-0.4, -0.2) is 44.9 Å². The van der Waals surface area contributed by atoms with Gasteiger partial charge in [0.05, 0.1) is 34.9 Å². The number of rotatable bonds is 6. The van der Waals surface area contributed by atoms with Gasteiger partial charge in [0.25, 0.3) is 5.56 Å². The number of hydrogen-bond donors (Lipinski definition) is 3. The van der Waals surface area contributed by atoms with Crippen molar-refractivity contribution >= 4 is 34.0 Å². The number of H-pyrrole nitrogens is 1. The maximum Gasteiger partial charge on any atom is 0.266 e. The minimum Gasteiger partial charge on any atom is -0.383 e. The molecule has 0 spiro atoms. The molecule has 5 rings (SSSR count). The number of benzene rings is 1. The number of halogens is 2. The highest BCUT2D eigenvalue weighted by Crippen LogP contribution is 2.31. The fourth-order valence-electron chi connectivity index (χ4n) is 3.82. The molecule has 0 saturated heterocycles. The summed E-state index contributed by atoms with van der Waals surface area (Å²) in [5, 5.41) is 23.3. The lowest BCUT2D eigenvalue weighted by Gasteiger charge is -2.21. The molecule has 1 atom stereocenters. The Hall–Kier alpha value is -4.39.